The number of halogens is 1. The molecule has 2 aromatic carbocycles. The van der Waals surface area contributed by atoms with Crippen molar-refractivity contribution in [2.75, 3.05) is 0 Å². The Morgan fingerprint density at radius 3 is 2.47 bits per heavy atom. The average Bonchev–Trinajstić information content (AvgIpc) is 2.76. The number of carbonyl (C=O) groups excluding carboxylic acids is 2. The number of hydrogen-bond acceptors (Lipinski definition) is 3. The molecular formula is C27H30FNO3. The highest BCUT2D eigenvalue weighted by molar-refractivity contribution is 6.10. The van der Waals surface area contributed by atoms with Crippen LogP contribution in [0.5, 0.6) is 0 Å². The van der Waals surface area contributed by atoms with E-state index in [0.717, 1.165) is 37.7 Å². The van der Waals surface area contributed by atoms with Gasteiger partial charge in [0, 0.05) is 17.2 Å². The summed E-state index contributed by atoms with van der Waals surface area (Å²) in [5.41, 5.74) is 1.70. The number of nitrogens with one attached hydrogen (secondary N) is 1. The van der Waals surface area contributed by atoms with Crippen LogP contribution in [0.3, 0.4) is 0 Å². The lowest BCUT2D eigenvalue weighted by molar-refractivity contribution is -0.136. The van der Waals surface area contributed by atoms with Crippen LogP contribution in [0, 0.1) is 30.5 Å². The van der Waals surface area contributed by atoms with E-state index in [1.165, 1.54) is 6.07 Å². The van der Waals surface area contributed by atoms with Gasteiger partial charge in [-0.3, -0.25) is 9.59 Å². The summed E-state index contributed by atoms with van der Waals surface area (Å²) in [6.45, 7) is 3.59. The highest BCUT2D eigenvalue weighted by Gasteiger charge is 2.55. The summed E-state index contributed by atoms with van der Waals surface area (Å²) < 4.78 is 14.5. The van der Waals surface area contributed by atoms with Gasteiger partial charge in [-0.05, 0) is 92.5 Å². The number of benzene rings is 2. The Hall–Kier alpha value is -2.53. The van der Waals surface area contributed by atoms with Crippen molar-refractivity contribution in [3.05, 3.63) is 70.0 Å². The van der Waals surface area contributed by atoms with Crippen LogP contribution in [-0.4, -0.2) is 28.4 Å². The molecule has 0 aliphatic heterocycles. The highest BCUT2D eigenvalue weighted by Crippen LogP contribution is 2.55. The first-order valence-electron chi connectivity index (χ1n) is 11.7. The molecule has 0 heterocycles. The summed E-state index contributed by atoms with van der Waals surface area (Å²) in [5.74, 6) is 0.273. The Morgan fingerprint density at radius 2 is 1.81 bits per heavy atom. The molecule has 2 aromatic rings. The second-order valence-corrected chi connectivity index (χ2v) is 10.2. The molecule has 4 aliphatic carbocycles. The van der Waals surface area contributed by atoms with Gasteiger partial charge in [-0.25, -0.2) is 4.39 Å². The molecule has 32 heavy (non-hydrogen) atoms. The molecule has 0 saturated heterocycles. The van der Waals surface area contributed by atoms with Crippen molar-refractivity contribution < 1.29 is 19.1 Å². The van der Waals surface area contributed by atoms with E-state index in [4.69, 9.17) is 0 Å². The molecule has 0 spiro atoms. The summed E-state index contributed by atoms with van der Waals surface area (Å²) in [7, 11) is 0. The maximum atomic E-state index is 14.5. The second kappa shape index (κ2) is 7.80. The van der Waals surface area contributed by atoms with Crippen LogP contribution in [-0.2, 0) is 6.42 Å². The minimum Gasteiger partial charge on any atom is -0.390 e. The van der Waals surface area contributed by atoms with Crippen molar-refractivity contribution in [3.63, 3.8) is 0 Å². The van der Waals surface area contributed by atoms with Crippen molar-refractivity contribution in [2.24, 2.45) is 17.8 Å². The van der Waals surface area contributed by atoms with Gasteiger partial charge in [-0.15, -0.1) is 0 Å². The number of amides is 1. The van der Waals surface area contributed by atoms with Gasteiger partial charge in [0.15, 0.2) is 5.78 Å². The van der Waals surface area contributed by atoms with E-state index in [0.29, 0.717) is 40.9 Å². The van der Waals surface area contributed by atoms with Crippen molar-refractivity contribution in [1.82, 2.24) is 5.32 Å². The number of carbonyl (C=O) groups is 2. The zero-order valence-corrected chi connectivity index (χ0v) is 18.7. The molecule has 4 aliphatic rings. The number of ketones is 1. The minimum absolute atomic E-state index is 0.0517. The van der Waals surface area contributed by atoms with Crippen LogP contribution in [0.25, 0.3) is 0 Å². The highest BCUT2D eigenvalue weighted by atomic mass is 19.1. The van der Waals surface area contributed by atoms with Crippen molar-refractivity contribution in [3.8, 4) is 0 Å². The van der Waals surface area contributed by atoms with Gasteiger partial charge in [-0.2, -0.15) is 0 Å². The first-order valence-corrected chi connectivity index (χ1v) is 11.7. The smallest absolute Gasteiger partial charge is 0.251 e. The number of aryl methyl sites for hydroxylation is 2. The van der Waals surface area contributed by atoms with Crippen LogP contribution in [0.15, 0.2) is 36.4 Å². The Labute approximate surface area is 188 Å². The normalized spacial score (nSPS) is 30.4. The van der Waals surface area contributed by atoms with Gasteiger partial charge in [0.25, 0.3) is 5.91 Å². The quantitative estimate of drug-likeness (QED) is 0.675. The minimum atomic E-state index is -0.528. The maximum Gasteiger partial charge on any atom is 0.251 e. The van der Waals surface area contributed by atoms with Crippen LogP contribution in [0.4, 0.5) is 4.39 Å². The van der Waals surface area contributed by atoms with Crippen molar-refractivity contribution in [2.45, 2.75) is 64.0 Å². The Kier molecular flexibility index (Phi) is 5.20. The third-order valence-corrected chi connectivity index (χ3v) is 7.97. The molecule has 0 radical (unpaired) electrons. The van der Waals surface area contributed by atoms with Gasteiger partial charge in [0.05, 0.1) is 11.2 Å². The van der Waals surface area contributed by atoms with E-state index in [1.54, 1.807) is 37.3 Å². The van der Waals surface area contributed by atoms with Gasteiger partial charge < -0.3 is 10.4 Å². The van der Waals surface area contributed by atoms with Gasteiger partial charge in [-0.1, -0.05) is 25.1 Å². The van der Waals surface area contributed by atoms with Gasteiger partial charge >= 0.3 is 0 Å². The predicted octanol–water partition coefficient (Wildman–Crippen LogP) is 4.60. The lowest BCUT2D eigenvalue weighted by atomic mass is 9.52. The molecule has 4 fully saturated rings. The summed E-state index contributed by atoms with van der Waals surface area (Å²) >= 11 is 0. The summed E-state index contributed by atoms with van der Waals surface area (Å²) in [4.78, 5) is 26.1. The van der Waals surface area contributed by atoms with Crippen LogP contribution in [0.1, 0.15) is 76.4 Å². The molecule has 0 aromatic heterocycles. The fourth-order valence-electron chi connectivity index (χ4n) is 6.67. The molecule has 4 bridgehead atoms. The zero-order chi connectivity index (χ0) is 22.6. The Balaban J connectivity index is 1.37. The zero-order valence-electron chi connectivity index (χ0n) is 18.7. The second-order valence-electron chi connectivity index (χ2n) is 10.2. The van der Waals surface area contributed by atoms with Crippen LogP contribution >= 0.6 is 0 Å². The molecule has 5 heteroatoms. The summed E-state index contributed by atoms with van der Waals surface area (Å²) in [6, 6.07) is 9.95. The van der Waals surface area contributed by atoms with Crippen molar-refractivity contribution in [1.29, 1.82) is 0 Å². The fraction of sp³-hybridized carbons (Fsp3) is 0.481. The third-order valence-electron chi connectivity index (χ3n) is 7.97. The van der Waals surface area contributed by atoms with Gasteiger partial charge in [0.2, 0.25) is 0 Å². The predicted molar refractivity (Wildman–Crippen MR) is 120 cm³/mol. The molecule has 2 atom stereocenters. The van der Waals surface area contributed by atoms with E-state index < -0.39 is 11.4 Å². The topological polar surface area (TPSA) is 66.4 Å². The van der Waals surface area contributed by atoms with Gasteiger partial charge in [0.1, 0.15) is 5.82 Å². The Morgan fingerprint density at radius 1 is 1.09 bits per heavy atom. The molecule has 4 saturated carbocycles. The molecule has 2 unspecified atom stereocenters. The van der Waals surface area contributed by atoms with E-state index in [9.17, 15) is 19.1 Å². The Bertz CT molecular complexity index is 1080. The fourth-order valence-corrected chi connectivity index (χ4v) is 6.67. The lowest BCUT2D eigenvalue weighted by Crippen LogP contribution is -2.61. The number of aliphatic hydroxyl groups is 1. The molecule has 4 nitrogen and oxygen atoms in total. The van der Waals surface area contributed by atoms with Crippen LogP contribution in [0.2, 0.25) is 0 Å². The maximum absolute atomic E-state index is 14.5. The van der Waals surface area contributed by atoms with E-state index >= 15 is 0 Å². The number of hydrogen-bond donors (Lipinski definition) is 2. The van der Waals surface area contributed by atoms with E-state index in [-0.39, 0.29) is 23.3 Å². The standard InChI is InChI=1S/C27H30FNO3/c1-3-17-11-18(25(30)22-6-4-5-15(2)23(22)28)7-8-21(17)26(31)29-24-19-9-16-10-20(24)14-27(32,12-16)13-19/h4-8,11,16,19-20,24,32H,3,9-10,12-14H2,1-2H3,(H,29,31). The molecule has 2 N–H and O–H groups in total. The summed E-state index contributed by atoms with van der Waals surface area (Å²) in [6.07, 6.45) is 5.24. The molecule has 1 amide bonds. The molecule has 168 valence electrons. The lowest BCUT2D eigenvalue weighted by Gasteiger charge is -2.58. The monoisotopic (exact) mass is 435 g/mol. The van der Waals surface area contributed by atoms with Crippen molar-refractivity contribution >= 4 is 11.7 Å². The SMILES string of the molecule is CCc1cc(C(=O)c2cccc(C)c2F)ccc1C(=O)NC1C2CC3CC1CC(O)(C3)C2. The molecule has 6 rings (SSSR count). The van der Waals surface area contributed by atoms with Crippen LogP contribution < -0.4 is 5.32 Å². The first kappa shape index (κ1) is 21.3. The third kappa shape index (κ3) is 3.57. The van der Waals surface area contributed by atoms with E-state index in [1.807, 2.05) is 6.92 Å². The first-order chi connectivity index (χ1) is 15.3. The largest absolute Gasteiger partial charge is 0.390 e. The average molecular weight is 436 g/mol. The molecular weight excluding hydrogens is 405 g/mol. The number of rotatable bonds is 5. The van der Waals surface area contributed by atoms with E-state index in [2.05, 4.69) is 5.32 Å². The summed E-state index contributed by atoms with van der Waals surface area (Å²) in [5, 5.41) is 14.1.